The van der Waals surface area contributed by atoms with E-state index in [2.05, 4.69) is 0 Å². The summed E-state index contributed by atoms with van der Waals surface area (Å²) in [5.41, 5.74) is 2.81. The monoisotopic (exact) mass is 464 g/mol. The number of amides is 2. The third-order valence-electron chi connectivity index (χ3n) is 6.43. The number of hydrogen-bond donors (Lipinski definition) is 0. The summed E-state index contributed by atoms with van der Waals surface area (Å²) >= 11 is 0. The van der Waals surface area contributed by atoms with Crippen molar-refractivity contribution in [1.82, 2.24) is 0 Å². The number of carbonyl (C=O) groups is 2. The highest BCUT2D eigenvalue weighted by Crippen LogP contribution is 2.52. The molecule has 0 aliphatic carbocycles. The lowest BCUT2D eigenvalue weighted by Gasteiger charge is -2.32. The number of sulfone groups is 1. The molecule has 5 rings (SSSR count). The lowest BCUT2D eigenvalue weighted by atomic mass is 10.0. The molecule has 2 aliphatic rings. The van der Waals surface area contributed by atoms with Gasteiger partial charge in [-0.2, -0.15) is 0 Å². The summed E-state index contributed by atoms with van der Waals surface area (Å²) in [6, 6.07) is 18.1. The van der Waals surface area contributed by atoms with Crippen LogP contribution < -0.4 is 9.80 Å². The van der Waals surface area contributed by atoms with Gasteiger partial charge in [0, 0.05) is 11.3 Å². The van der Waals surface area contributed by atoms with E-state index in [0.29, 0.717) is 11.3 Å². The van der Waals surface area contributed by atoms with Crippen LogP contribution >= 0.6 is 0 Å². The van der Waals surface area contributed by atoms with Crippen LogP contribution in [0.2, 0.25) is 0 Å². The van der Waals surface area contributed by atoms with Crippen LogP contribution in [0.25, 0.3) is 0 Å². The SMILES string of the molecule is Cc1ccc(N2C(=O)CS(=O)(=O)[C@]23C(=O)N(Cc2ccccc2C)c2ccccc23)cc1F. The van der Waals surface area contributed by atoms with E-state index in [1.807, 2.05) is 31.2 Å². The van der Waals surface area contributed by atoms with Crippen molar-refractivity contribution in [1.29, 1.82) is 0 Å². The predicted octanol–water partition coefficient (Wildman–Crippen LogP) is 3.60. The molecular formula is C25H21FN2O4S. The molecule has 0 unspecified atom stereocenters. The average molecular weight is 465 g/mol. The molecule has 0 N–H and O–H groups in total. The number of halogens is 1. The number of rotatable bonds is 3. The molecule has 1 atom stereocenters. The lowest BCUT2D eigenvalue weighted by molar-refractivity contribution is -0.123. The van der Waals surface area contributed by atoms with Gasteiger partial charge in [0.05, 0.1) is 12.2 Å². The molecule has 3 aromatic carbocycles. The number of fused-ring (bicyclic) bond motifs is 2. The first-order chi connectivity index (χ1) is 15.7. The summed E-state index contributed by atoms with van der Waals surface area (Å²) in [4.78, 5) is 27.2. The Hall–Kier alpha value is -3.52. The molecule has 2 aliphatic heterocycles. The van der Waals surface area contributed by atoms with E-state index in [9.17, 15) is 22.4 Å². The van der Waals surface area contributed by atoms with Crippen LogP contribution in [0.1, 0.15) is 22.3 Å². The second-order valence-electron chi connectivity index (χ2n) is 8.40. The fourth-order valence-corrected chi connectivity index (χ4v) is 6.76. The van der Waals surface area contributed by atoms with Gasteiger partial charge in [-0.15, -0.1) is 0 Å². The van der Waals surface area contributed by atoms with Crippen molar-refractivity contribution < 1.29 is 22.4 Å². The van der Waals surface area contributed by atoms with Gasteiger partial charge in [-0.05, 0) is 48.7 Å². The molecule has 0 saturated carbocycles. The third kappa shape index (κ3) is 2.87. The van der Waals surface area contributed by atoms with Gasteiger partial charge in [0.1, 0.15) is 11.6 Å². The smallest absolute Gasteiger partial charge is 0.274 e. The van der Waals surface area contributed by atoms with E-state index in [1.54, 1.807) is 31.2 Å². The number of nitrogens with zero attached hydrogens (tertiary/aromatic N) is 2. The van der Waals surface area contributed by atoms with Gasteiger partial charge in [-0.1, -0.05) is 48.5 Å². The zero-order chi connectivity index (χ0) is 23.5. The summed E-state index contributed by atoms with van der Waals surface area (Å²) in [5, 5.41) is 0. The van der Waals surface area contributed by atoms with Gasteiger partial charge in [0.2, 0.25) is 5.91 Å². The third-order valence-corrected chi connectivity index (χ3v) is 8.53. The fourth-order valence-electron chi connectivity index (χ4n) is 4.73. The molecule has 8 heteroatoms. The Labute approximate surface area is 191 Å². The van der Waals surface area contributed by atoms with Crippen LogP contribution in [0.4, 0.5) is 15.8 Å². The second kappa shape index (κ2) is 7.25. The molecule has 1 fully saturated rings. The predicted molar refractivity (Wildman–Crippen MR) is 123 cm³/mol. The van der Waals surface area contributed by atoms with Gasteiger partial charge in [0.25, 0.3) is 10.8 Å². The molecule has 1 spiro atoms. The Morgan fingerprint density at radius 1 is 0.939 bits per heavy atom. The van der Waals surface area contributed by atoms with Gasteiger partial charge < -0.3 is 4.90 Å². The largest absolute Gasteiger partial charge is 0.304 e. The van der Waals surface area contributed by atoms with E-state index in [0.717, 1.165) is 22.1 Å². The summed E-state index contributed by atoms with van der Waals surface area (Å²) in [7, 11) is -4.29. The Morgan fingerprint density at radius 3 is 2.36 bits per heavy atom. The maximum Gasteiger partial charge on any atom is 0.274 e. The number of benzene rings is 3. The minimum absolute atomic E-state index is 0.0325. The fraction of sp³-hybridized carbons (Fsp3) is 0.200. The standard InChI is InChI=1S/C25H21FN2O4S/c1-16-7-3-4-8-18(16)14-27-22-10-6-5-9-20(22)25(24(27)30)28(23(29)15-33(25,31)32)19-12-11-17(2)21(26)13-19/h3-13H,14-15H2,1-2H3/t25-/m1/s1. The molecule has 0 bridgehead atoms. The van der Waals surface area contributed by atoms with Crippen molar-refractivity contribution in [3.05, 3.63) is 94.8 Å². The van der Waals surface area contributed by atoms with Crippen molar-refractivity contribution in [2.45, 2.75) is 25.3 Å². The highest BCUT2D eigenvalue weighted by atomic mass is 32.2. The van der Waals surface area contributed by atoms with E-state index < -0.39 is 38.1 Å². The van der Waals surface area contributed by atoms with E-state index in [1.165, 1.54) is 17.0 Å². The van der Waals surface area contributed by atoms with E-state index in [-0.39, 0.29) is 17.8 Å². The molecule has 168 valence electrons. The van der Waals surface area contributed by atoms with Crippen molar-refractivity contribution in [3.8, 4) is 0 Å². The van der Waals surface area contributed by atoms with Gasteiger partial charge in [-0.3, -0.25) is 14.5 Å². The second-order valence-corrected chi connectivity index (χ2v) is 10.5. The Bertz CT molecular complexity index is 1440. The van der Waals surface area contributed by atoms with Gasteiger partial charge >= 0.3 is 0 Å². The summed E-state index contributed by atoms with van der Waals surface area (Å²) in [6.45, 7) is 3.62. The number of hydrogen-bond acceptors (Lipinski definition) is 4. The zero-order valence-electron chi connectivity index (χ0n) is 18.1. The molecule has 0 radical (unpaired) electrons. The van der Waals surface area contributed by atoms with Crippen molar-refractivity contribution in [2.75, 3.05) is 15.6 Å². The molecule has 6 nitrogen and oxygen atoms in total. The molecule has 2 heterocycles. The van der Waals surface area contributed by atoms with Crippen LogP contribution in [-0.2, 0) is 30.8 Å². The normalized spacial score (nSPS) is 21.2. The lowest BCUT2D eigenvalue weighted by Crippen LogP contribution is -2.54. The van der Waals surface area contributed by atoms with Crippen LogP contribution in [0.5, 0.6) is 0 Å². The quantitative estimate of drug-likeness (QED) is 0.594. The summed E-state index contributed by atoms with van der Waals surface area (Å²) in [6.07, 6.45) is 0. The molecule has 0 aromatic heterocycles. The maximum absolute atomic E-state index is 14.4. The van der Waals surface area contributed by atoms with Crippen LogP contribution in [0.3, 0.4) is 0 Å². The minimum Gasteiger partial charge on any atom is -0.304 e. The van der Waals surface area contributed by atoms with Gasteiger partial charge in [-0.25, -0.2) is 12.8 Å². The Balaban J connectivity index is 1.75. The van der Waals surface area contributed by atoms with Crippen molar-refractivity contribution >= 4 is 33.0 Å². The number of anilines is 2. The van der Waals surface area contributed by atoms with Crippen LogP contribution in [0, 0.1) is 19.7 Å². The van der Waals surface area contributed by atoms with E-state index >= 15 is 0 Å². The summed E-state index contributed by atoms with van der Waals surface area (Å²) < 4.78 is 41.6. The Morgan fingerprint density at radius 2 is 1.64 bits per heavy atom. The van der Waals surface area contributed by atoms with Crippen LogP contribution in [0.15, 0.2) is 66.7 Å². The molecular weight excluding hydrogens is 443 g/mol. The minimum atomic E-state index is -4.29. The first-order valence-electron chi connectivity index (χ1n) is 10.5. The van der Waals surface area contributed by atoms with Crippen molar-refractivity contribution in [3.63, 3.8) is 0 Å². The average Bonchev–Trinajstić information content (AvgIpc) is 3.14. The number of para-hydroxylation sites is 1. The zero-order valence-corrected chi connectivity index (χ0v) is 18.9. The molecule has 2 amide bonds. The molecule has 33 heavy (non-hydrogen) atoms. The topological polar surface area (TPSA) is 74.8 Å². The van der Waals surface area contributed by atoms with Crippen molar-refractivity contribution in [2.24, 2.45) is 0 Å². The van der Waals surface area contributed by atoms with Crippen LogP contribution in [-0.4, -0.2) is 26.0 Å². The first kappa shape index (κ1) is 21.3. The first-order valence-corrected chi connectivity index (χ1v) is 12.1. The molecule has 3 aromatic rings. The highest BCUT2D eigenvalue weighted by Gasteiger charge is 2.69. The summed E-state index contributed by atoms with van der Waals surface area (Å²) in [5.74, 6) is -2.92. The number of carbonyl (C=O) groups excluding carboxylic acids is 2. The van der Waals surface area contributed by atoms with E-state index in [4.69, 9.17) is 0 Å². The highest BCUT2D eigenvalue weighted by molar-refractivity contribution is 7.94. The van der Waals surface area contributed by atoms with Gasteiger partial charge in [0.15, 0.2) is 9.84 Å². The maximum atomic E-state index is 14.4. The molecule has 1 saturated heterocycles. The Kier molecular flexibility index (Phi) is 4.68. The number of aryl methyl sites for hydroxylation is 2.